The van der Waals surface area contributed by atoms with Crippen molar-refractivity contribution in [3.63, 3.8) is 0 Å². The van der Waals surface area contributed by atoms with Crippen LogP contribution in [-0.4, -0.2) is 18.3 Å². The van der Waals surface area contributed by atoms with Crippen LogP contribution in [0.3, 0.4) is 0 Å². The fourth-order valence-electron chi connectivity index (χ4n) is 1.71. The smallest absolute Gasteiger partial charge is 0.128 e. The minimum Gasteiger partial charge on any atom is -0.546 e. The molecular weight excluding hydrogens is 339 g/mol. The van der Waals surface area contributed by atoms with E-state index < -0.39 is 12.6 Å². The SMILES string of the molecule is C/C(=N/Nc1ccc(Cl)c(Cl)c1)c1ccc(OCC(=O)[O-])cc1. The van der Waals surface area contributed by atoms with Crippen LogP contribution >= 0.6 is 23.2 Å². The van der Waals surface area contributed by atoms with Gasteiger partial charge in [0.2, 0.25) is 0 Å². The summed E-state index contributed by atoms with van der Waals surface area (Å²) < 4.78 is 5.01. The van der Waals surface area contributed by atoms with E-state index in [0.29, 0.717) is 21.5 Å². The molecule has 7 heteroatoms. The fraction of sp³-hybridized carbons (Fsp3) is 0.125. The largest absolute Gasteiger partial charge is 0.546 e. The van der Waals surface area contributed by atoms with Gasteiger partial charge >= 0.3 is 0 Å². The quantitative estimate of drug-likeness (QED) is 0.641. The molecule has 0 bridgehead atoms. The number of hydrogen-bond donors (Lipinski definition) is 1. The van der Waals surface area contributed by atoms with Gasteiger partial charge in [-0.1, -0.05) is 23.2 Å². The van der Waals surface area contributed by atoms with Crippen molar-refractivity contribution < 1.29 is 14.6 Å². The van der Waals surface area contributed by atoms with Crippen LogP contribution in [0.2, 0.25) is 10.0 Å². The topological polar surface area (TPSA) is 73.8 Å². The molecule has 120 valence electrons. The van der Waals surface area contributed by atoms with Crippen molar-refractivity contribution in [2.45, 2.75) is 6.92 Å². The number of anilines is 1. The Morgan fingerprint density at radius 1 is 1.17 bits per heavy atom. The lowest BCUT2D eigenvalue weighted by molar-refractivity contribution is -0.307. The zero-order chi connectivity index (χ0) is 16.8. The number of ether oxygens (including phenoxy) is 1. The van der Waals surface area contributed by atoms with Crippen LogP contribution in [-0.2, 0) is 4.79 Å². The standard InChI is InChI=1S/C16H14Cl2N2O3/c1-10(19-20-12-4-7-14(17)15(18)8-12)11-2-5-13(6-3-11)23-9-16(21)22/h2-8,20H,9H2,1H3,(H,21,22)/p-1/b19-10-. The van der Waals surface area contributed by atoms with E-state index in [2.05, 4.69) is 10.5 Å². The van der Waals surface area contributed by atoms with Crippen molar-refractivity contribution in [3.8, 4) is 5.75 Å². The zero-order valence-electron chi connectivity index (χ0n) is 12.2. The summed E-state index contributed by atoms with van der Waals surface area (Å²) in [6.07, 6.45) is 0. The number of benzene rings is 2. The van der Waals surface area contributed by atoms with Crippen LogP contribution in [0.15, 0.2) is 47.6 Å². The highest BCUT2D eigenvalue weighted by Gasteiger charge is 2.01. The summed E-state index contributed by atoms with van der Waals surface area (Å²) in [4.78, 5) is 10.3. The van der Waals surface area contributed by atoms with Gasteiger partial charge in [0.15, 0.2) is 0 Å². The van der Waals surface area contributed by atoms with Crippen molar-refractivity contribution in [2.75, 3.05) is 12.0 Å². The highest BCUT2D eigenvalue weighted by Crippen LogP contribution is 2.25. The Morgan fingerprint density at radius 3 is 2.48 bits per heavy atom. The first-order chi connectivity index (χ1) is 11.0. The van der Waals surface area contributed by atoms with Crippen LogP contribution in [0.5, 0.6) is 5.75 Å². The highest BCUT2D eigenvalue weighted by atomic mass is 35.5. The predicted molar refractivity (Wildman–Crippen MR) is 89.2 cm³/mol. The van der Waals surface area contributed by atoms with E-state index >= 15 is 0 Å². The Hall–Kier alpha value is -2.24. The second kappa shape index (κ2) is 7.85. The molecule has 2 aromatic carbocycles. The molecular formula is C16H13Cl2N2O3-. The number of halogens is 2. The number of carbonyl (C=O) groups excluding carboxylic acids is 1. The summed E-state index contributed by atoms with van der Waals surface area (Å²) in [6.45, 7) is 1.35. The molecule has 0 spiro atoms. The lowest BCUT2D eigenvalue weighted by atomic mass is 10.1. The molecule has 23 heavy (non-hydrogen) atoms. The van der Waals surface area contributed by atoms with Crippen LogP contribution in [0.25, 0.3) is 0 Å². The first-order valence-electron chi connectivity index (χ1n) is 6.64. The Morgan fingerprint density at radius 2 is 1.87 bits per heavy atom. The van der Waals surface area contributed by atoms with Crippen molar-refractivity contribution in [1.82, 2.24) is 0 Å². The molecule has 0 fully saturated rings. The van der Waals surface area contributed by atoms with Crippen LogP contribution in [0.1, 0.15) is 12.5 Å². The van der Waals surface area contributed by atoms with Gasteiger partial charge in [-0.25, -0.2) is 0 Å². The van der Waals surface area contributed by atoms with E-state index in [1.54, 1.807) is 42.5 Å². The molecule has 0 heterocycles. The van der Waals surface area contributed by atoms with E-state index in [1.165, 1.54) is 0 Å². The third kappa shape index (κ3) is 5.16. The number of hydrogen-bond acceptors (Lipinski definition) is 5. The Balaban J connectivity index is 2.02. The van der Waals surface area contributed by atoms with Crippen molar-refractivity contribution in [3.05, 3.63) is 58.1 Å². The van der Waals surface area contributed by atoms with Gasteiger partial charge in [0, 0.05) is 0 Å². The molecule has 0 unspecified atom stereocenters. The second-order valence-electron chi connectivity index (χ2n) is 4.62. The summed E-state index contributed by atoms with van der Waals surface area (Å²) in [5.74, 6) is -0.819. The second-order valence-corrected chi connectivity index (χ2v) is 5.44. The molecule has 0 atom stereocenters. The van der Waals surface area contributed by atoms with Crippen molar-refractivity contribution in [1.29, 1.82) is 0 Å². The number of carbonyl (C=O) groups is 1. The number of carboxylic acids is 1. The van der Waals surface area contributed by atoms with E-state index in [0.717, 1.165) is 11.3 Å². The summed E-state index contributed by atoms with van der Waals surface area (Å²) in [7, 11) is 0. The Kier molecular flexibility index (Phi) is 5.84. The van der Waals surface area contributed by atoms with Gasteiger partial charge in [-0.2, -0.15) is 5.10 Å². The van der Waals surface area contributed by atoms with E-state index in [4.69, 9.17) is 27.9 Å². The van der Waals surface area contributed by atoms with Crippen molar-refractivity contribution in [2.24, 2.45) is 5.10 Å². The molecule has 0 saturated carbocycles. The highest BCUT2D eigenvalue weighted by molar-refractivity contribution is 6.42. The number of carboxylic acid groups (broad SMARTS) is 1. The fourth-order valence-corrected chi connectivity index (χ4v) is 2.01. The van der Waals surface area contributed by atoms with E-state index in [9.17, 15) is 9.90 Å². The summed E-state index contributed by atoms with van der Waals surface area (Å²) in [5.41, 5.74) is 5.21. The third-order valence-electron chi connectivity index (χ3n) is 2.90. The Bertz CT molecular complexity index is 731. The summed E-state index contributed by atoms with van der Waals surface area (Å²) in [6, 6.07) is 12.0. The maximum atomic E-state index is 10.3. The molecule has 2 rings (SSSR count). The first-order valence-corrected chi connectivity index (χ1v) is 7.40. The van der Waals surface area contributed by atoms with Gasteiger partial charge in [0.1, 0.15) is 12.4 Å². The molecule has 0 aromatic heterocycles. The minimum absolute atomic E-state index is 0.443. The van der Waals surface area contributed by atoms with Gasteiger partial charge in [-0.3, -0.25) is 5.43 Å². The molecule has 0 aliphatic heterocycles. The number of rotatable bonds is 6. The molecule has 0 radical (unpaired) electrons. The van der Waals surface area contributed by atoms with Crippen LogP contribution in [0.4, 0.5) is 5.69 Å². The molecule has 0 aliphatic rings. The summed E-state index contributed by atoms with van der Waals surface area (Å²) in [5, 5.41) is 15.5. The van der Waals surface area contributed by atoms with Crippen molar-refractivity contribution >= 4 is 40.6 Å². The zero-order valence-corrected chi connectivity index (χ0v) is 13.7. The average molecular weight is 352 g/mol. The first kappa shape index (κ1) is 17.1. The van der Waals surface area contributed by atoms with Gasteiger partial charge in [-0.15, -0.1) is 0 Å². The van der Waals surface area contributed by atoms with Gasteiger partial charge in [-0.05, 0) is 55.0 Å². The van der Waals surface area contributed by atoms with E-state index in [-0.39, 0.29) is 0 Å². The molecule has 0 saturated heterocycles. The van der Waals surface area contributed by atoms with Crippen LogP contribution < -0.4 is 15.3 Å². The molecule has 5 nitrogen and oxygen atoms in total. The maximum absolute atomic E-state index is 10.3. The maximum Gasteiger partial charge on any atom is 0.128 e. The van der Waals surface area contributed by atoms with Gasteiger partial charge in [0.25, 0.3) is 0 Å². The number of hydrazone groups is 1. The number of nitrogens with one attached hydrogen (secondary N) is 1. The van der Waals surface area contributed by atoms with Gasteiger partial charge in [0.05, 0.1) is 27.4 Å². The Labute approximate surface area is 143 Å². The summed E-state index contributed by atoms with van der Waals surface area (Å²) >= 11 is 11.8. The third-order valence-corrected chi connectivity index (χ3v) is 3.64. The number of aliphatic carboxylic acids is 1. The normalized spacial score (nSPS) is 11.2. The van der Waals surface area contributed by atoms with Gasteiger partial charge < -0.3 is 14.6 Å². The lowest BCUT2D eigenvalue weighted by Crippen LogP contribution is -2.28. The minimum atomic E-state index is -1.27. The molecule has 0 aliphatic carbocycles. The average Bonchev–Trinajstić information content (AvgIpc) is 2.54. The predicted octanol–water partition coefficient (Wildman–Crippen LogP) is 2.96. The molecule has 1 N–H and O–H groups in total. The molecule has 0 amide bonds. The number of nitrogens with zero attached hydrogens (tertiary/aromatic N) is 1. The van der Waals surface area contributed by atoms with E-state index in [1.807, 2.05) is 6.92 Å². The monoisotopic (exact) mass is 351 g/mol. The molecule has 2 aromatic rings. The van der Waals surface area contributed by atoms with Crippen LogP contribution in [0, 0.1) is 0 Å². The lowest BCUT2D eigenvalue weighted by Gasteiger charge is -2.08.